The van der Waals surface area contributed by atoms with Crippen molar-refractivity contribution >= 4 is 17.1 Å². The van der Waals surface area contributed by atoms with E-state index in [4.69, 9.17) is 4.42 Å². The van der Waals surface area contributed by atoms with Crippen LogP contribution in [-0.2, 0) is 0 Å². The number of nitrogens with one attached hydrogen (secondary N) is 1. The van der Waals surface area contributed by atoms with Crippen LogP contribution >= 0.6 is 0 Å². The van der Waals surface area contributed by atoms with Gasteiger partial charge in [-0.1, -0.05) is 12.1 Å². The Morgan fingerprint density at radius 2 is 2.29 bits per heavy atom. The first-order chi connectivity index (χ1) is 8.33. The van der Waals surface area contributed by atoms with Gasteiger partial charge in [-0.25, -0.2) is 4.39 Å². The molecule has 1 unspecified atom stereocenters. The predicted molar refractivity (Wildman–Crippen MR) is 64.0 cm³/mol. The lowest BCUT2D eigenvalue weighted by Gasteiger charge is -2.17. The Bertz CT molecular complexity index is 480. The fraction of sp³-hybridized carbons (Fsp3) is 0.417. The van der Waals surface area contributed by atoms with Crippen LogP contribution < -0.4 is 10.2 Å². The first-order valence-corrected chi connectivity index (χ1v) is 5.78. The van der Waals surface area contributed by atoms with Crippen LogP contribution in [0.4, 0.5) is 10.4 Å². The molecule has 0 spiro atoms. The first-order valence-electron chi connectivity index (χ1n) is 5.78. The van der Waals surface area contributed by atoms with Crippen LogP contribution in [0, 0.1) is 0 Å². The molecule has 1 aliphatic heterocycles. The number of benzene rings is 1. The maximum atomic E-state index is 13.5. The average Bonchev–Trinajstić information content (AvgIpc) is 2.65. The lowest BCUT2D eigenvalue weighted by atomic mass is 10.3. The summed E-state index contributed by atoms with van der Waals surface area (Å²) >= 11 is 0. The Morgan fingerprint density at radius 1 is 1.41 bits per heavy atom. The van der Waals surface area contributed by atoms with E-state index in [1.165, 1.54) is 0 Å². The number of hydrogen-bond acceptors (Lipinski definition) is 4. The number of para-hydroxylation sites is 2. The Morgan fingerprint density at radius 3 is 3.18 bits per heavy atom. The number of alkyl halides is 1. The standard InChI is InChI=1S/C12H14FN3O/c13-9-7-14-5-6-16(8-9)12-15-10-3-1-2-4-11(10)17-12/h1-4,9,14H,5-8H2. The van der Waals surface area contributed by atoms with Crippen LogP contribution in [0.15, 0.2) is 28.7 Å². The van der Waals surface area contributed by atoms with Gasteiger partial charge >= 0.3 is 0 Å². The normalized spacial score (nSPS) is 21.7. The topological polar surface area (TPSA) is 41.3 Å². The number of oxazole rings is 1. The molecule has 1 atom stereocenters. The molecule has 0 aliphatic carbocycles. The second-order valence-electron chi connectivity index (χ2n) is 4.21. The Labute approximate surface area is 98.4 Å². The van der Waals surface area contributed by atoms with Gasteiger partial charge in [-0.2, -0.15) is 4.98 Å². The van der Waals surface area contributed by atoms with Gasteiger partial charge in [-0.15, -0.1) is 0 Å². The van der Waals surface area contributed by atoms with Gasteiger partial charge in [0, 0.05) is 19.6 Å². The van der Waals surface area contributed by atoms with Gasteiger partial charge in [0.25, 0.3) is 6.01 Å². The van der Waals surface area contributed by atoms with E-state index in [1.54, 1.807) is 0 Å². The Kier molecular flexibility index (Phi) is 2.68. The Hall–Kier alpha value is -1.62. The van der Waals surface area contributed by atoms with Crippen LogP contribution in [0.2, 0.25) is 0 Å². The predicted octanol–water partition coefficient (Wildman–Crippen LogP) is 1.58. The zero-order valence-corrected chi connectivity index (χ0v) is 9.40. The average molecular weight is 235 g/mol. The molecule has 1 N–H and O–H groups in total. The number of rotatable bonds is 1. The molecule has 3 rings (SSSR count). The molecule has 0 radical (unpaired) electrons. The van der Waals surface area contributed by atoms with Crippen LogP contribution in [0.25, 0.3) is 11.1 Å². The van der Waals surface area contributed by atoms with Crippen LogP contribution in [-0.4, -0.2) is 37.3 Å². The molecule has 5 heteroatoms. The van der Waals surface area contributed by atoms with Crippen LogP contribution in [0.3, 0.4) is 0 Å². The number of hydrogen-bond donors (Lipinski definition) is 1. The highest BCUT2D eigenvalue weighted by atomic mass is 19.1. The van der Waals surface area contributed by atoms with E-state index in [-0.39, 0.29) is 0 Å². The van der Waals surface area contributed by atoms with Gasteiger partial charge in [0.1, 0.15) is 11.7 Å². The molecule has 1 fully saturated rings. The molecule has 0 saturated carbocycles. The van der Waals surface area contributed by atoms with Crippen LogP contribution in [0.5, 0.6) is 0 Å². The largest absolute Gasteiger partial charge is 0.423 e. The molecular weight excluding hydrogens is 221 g/mol. The molecule has 0 bridgehead atoms. The molecule has 1 aliphatic rings. The Balaban J connectivity index is 1.91. The van der Waals surface area contributed by atoms with Crippen molar-refractivity contribution < 1.29 is 8.81 Å². The van der Waals surface area contributed by atoms with Crippen molar-refractivity contribution in [1.82, 2.24) is 10.3 Å². The van der Waals surface area contributed by atoms with Gasteiger partial charge in [0.05, 0.1) is 6.54 Å². The van der Waals surface area contributed by atoms with Gasteiger partial charge in [-0.3, -0.25) is 0 Å². The van der Waals surface area contributed by atoms with E-state index in [0.29, 0.717) is 25.6 Å². The highest BCUT2D eigenvalue weighted by Crippen LogP contribution is 2.22. The summed E-state index contributed by atoms with van der Waals surface area (Å²) in [5.74, 6) is 0. The highest BCUT2D eigenvalue weighted by Gasteiger charge is 2.21. The van der Waals surface area contributed by atoms with E-state index in [2.05, 4.69) is 10.3 Å². The van der Waals surface area contributed by atoms with Gasteiger partial charge in [0.15, 0.2) is 5.58 Å². The summed E-state index contributed by atoms with van der Waals surface area (Å²) in [6, 6.07) is 8.09. The number of nitrogens with zero attached hydrogens (tertiary/aromatic N) is 2. The summed E-state index contributed by atoms with van der Waals surface area (Å²) < 4.78 is 19.1. The summed E-state index contributed by atoms with van der Waals surface area (Å²) in [6.45, 7) is 2.20. The fourth-order valence-corrected chi connectivity index (χ4v) is 2.04. The third kappa shape index (κ3) is 2.10. The molecule has 90 valence electrons. The molecule has 0 amide bonds. The summed E-state index contributed by atoms with van der Waals surface area (Å²) in [5, 5.41) is 3.04. The minimum absolute atomic E-state index is 0.333. The van der Waals surface area contributed by atoms with Crippen molar-refractivity contribution in [2.45, 2.75) is 6.17 Å². The summed E-state index contributed by atoms with van der Waals surface area (Å²) in [4.78, 5) is 6.23. The minimum atomic E-state index is -0.882. The van der Waals surface area contributed by atoms with Gasteiger partial charge in [-0.05, 0) is 12.1 Å². The number of aromatic nitrogens is 1. The van der Waals surface area contributed by atoms with E-state index in [1.807, 2.05) is 29.2 Å². The van der Waals surface area contributed by atoms with E-state index in [0.717, 1.165) is 17.6 Å². The summed E-state index contributed by atoms with van der Waals surface area (Å²) in [6.07, 6.45) is -0.882. The van der Waals surface area contributed by atoms with Gasteiger partial charge in [0.2, 0.25) is 0 Å². The zero-order valence-electron chi connectivity index (χ0n) is 9.40. The number of halogens is 1. The summed E-state index contributed by atoms with van der Waals surface area (Å²) in [5.41, 5.74) is 1.56. The second-order valence-corrected chi connectivity index (χ2v) is 4.21. The van der Waals surface area contributed by atoms with Gasteiger partial charge < -0.3 is 14.6 Å². The first kappa shape index (κ1) is 10.5. The van der Waals surface area contributed by atoms with E-state index >= 15 is 0 Å². The van der Waals surface area contributed by atoms with Crippen molar-refractivity contribution in [2.24, 2.45) is 0 Å². The van der Waals surface area contributed by atoms with E-state index in [9.17, 15) is 4.39 Å². The molecule has 2 aromatic rings. The molecule has 2 heterocycles. The van der Waals surface area contributed by atoms with Crippen molar-refractivity contribution in [1.29, 1.82) is 0 Å². The van der Waals surface area contributed by atoms with Crippen molar-refractivity contribution in [3.63, 3.8) is 0 Å². The zero-order chi connectivity index (χ0) is 11.7. The third-order valence-electron chi connectivity index (χ3n) is 2.90. The maximum Gasteiger partial charge on any atom is 0.298 e. The number of fused-ring (bicyclic) bond motifs is 1. The van der Waals surface area contributed by atoms with Crippen molar-refractivity contribution in [3.05, 3.63) is 24.3 Å². The molecular formula is C12H14FN3O. The SMILES string of the molecule is FC1CNCCN(c2nc3ccccc3o2)C1. The second kappa shape index (κ2) is 4.33. The fourth-order valence-electron chi connectivity index (χ4n) is 2.04. The molecule has 1 saturated heterocycles. The maximum absolute atomic E-state index is 13.5. The van der Waals surface area contributed by atoms with Crippen molar-refractivity contribution in [2.75, 3.05) is 31.1 Å². The monoisotopic (exact) mass is 235 g/mol. The quantitative estimate of drug-likeness (QED) is 0.814. The smallest absolute Gasteiger partial charge is 0.298 e. The molecule has 17 heavy (non-hydrogen) atoms. The molecule has 4 nitrogen and oxygen atoms in total. The number of anilines is 1. The lowest BCUT2D eigenvalue weighted by Crippen LogP contribution is -2.30. The highest BCUT2D eigenvalue weighted by molar-refractivity contribution is 5.74. The van der Waals surface area contributed by atoms with Crippen molar-refractivity contribution in [3.8, 4) is 0 Å². The minimum Gasteiger partial charge on any atom is -0.423 e. The van der Waals surface area contributed by atoms with E-state index < -0.39 is 6.17 Å². The lowest BCUT2D eigenvalue weighted by molar-refractivity contribution is 0.334. The summed E-state index contributed by atoms with van der Waals surface area (Å²) in [7, 11) is 0. The third-order valence-corrected chi connectivity index (χ3v) is 2.90. The molecule has 1 aromatic heterocycles. The van der Waals surface area contributed by atoms with Crippen LogP contribution in [0.1, 0.15) is 0 Å². The molecule has 1 aromatic carbocycles.